The minimum absolute atomic E-state index is 0.427. The smallest absolute Gasteiger partial charge is 0.252 e. The zero-order valence-electron chi connectivity index (χ0n) is 11.2. The van der Waals surface area contributed by atoms with Gasteiger partial charge in [0.15, 0.2) is 0 Å². The van der Waals surface area contributed by atoms with Gasteiger partial charge in [-0.2, -0.15) is 4.31 Å². The average molecular weight is 367 g/mol. The normalized spacial score (nSPS) is 20.6. The lowest BCUT2D eigenvalue weighted by molar-refractivity contribution is 0.143. The van der Waals surface area contributed by atoms with Crippen LogP contribution in [0.25, 0.3) is 0 Å². The number of hydrogen-bond donors (Lipinski definition) is 0. The van der Waals surface area contributed by atoms with Crippen LogP contribution >= 0.6 is 27.3 Å². The average Bonchev–Trinajstić information content (AvgIpc) is 2.85. The molecule has 2 heterocycles. The highest BCUT2D eigenvalue weighted by Gasteiger charge is 2.30. The number of sulfonamides is 1. The standard InChI is InChI=1S/C12H19BrN2O2S2/c1-3-10(2)14-6-8-15(9-7-14)19(16,17)12-5-4-11(13)18-12/h4-5,10H,3,6-9H2,1-2H3. The highest BCUT2D eigenvalue weighted by atomic mass is 79.9. The number of hydrogen-bond acceptors (Lipinski definition) is 4. The van der Waals surface area contributed by atoms with E-state index in [0.717, 1.165) is 23.3 Å². The van der Waals surface area contributed by atoms with E-state index in [9.17, 15) is 8.42 Å². The molecule has 0 radical (unpaired) electrons. The lowest BCUT2D eigenvalue weighted by atomic mass is 10.2. The Labute approximate surface area is 127 Å². The van der Waals surface area contributed by atoms with Gasteiger partial charge in [-0.05, 0) is 41.4 Å². The number of piperazine rings is 1. The molecule has 1 aromatic rings. The predicted molar refractivity (Wildman–Crippen MR) is 82.1 cm³/mol. The monoisotopic (exact) mass is 366 g/mol. The first kappa shape index (κ1) is 15.4. The van der Waals surface area contributed by atoms with Crippen LogP contribution < -0.4 is 0 Å². The molecule has 0 aliphatic carbocycles. The molecule has 1 aromatic heterocycles. The molecule has 1 fully saturated rings. The predicted octanol–water partition coefficient (Wildman–Crippen LogP) is 2.62. The molecule has 1 aliphatic rings. The van der Waals surface area contributed by atoms with Crippen LogP contribution in [0.4, 0.5) is 0 Å². The quantitative estimate of drug-likeness (QED) is 0.822. The summed E-state index contributed by atoms with van der Waals surface area (Å²) in [5.41, 5.74) is 0. The van der Waals surface area contributed by atoms with Gasteiger partial charge >= 0.3 is 0 Å². The van der Waals surface area contributed by atoms with Crippen LogP contribution in [0.5, 0.6) is 0 Å². The van der Waals surface area contributed by atoms with E-state index in [0.29, 0.717) is 23.3 Å². The fraction of sp³-hybridized carbons (Fsp3) is 0.667. The molecule has 0 aromatic carbocycles. The van der Waals surface area contributed by atoms with Gasteiger partial charge in [0.1, 0.15) is 4.21 Å². The Balaban J connectivity index is 2.05. The summed E-state index contributed by atoms with van der Waals surface area (Å²) >= 11 is 4.59. The number of halogens is 1. The molecule has 1 saturated heterocycles. The molecule has 1 atom stereocenters. The molecule has 1 unspecified atom stereocenters. The third kappa shape index (κ3) is 3.39. The van der Waals surface area contributed by atoms with E-state index in [1.54, 1.807) is 16.4 Å². The fourth-order valence-electron chi connectivity index (χ4n) is 2.21. The zero-order chi connectivity index (χ0) is 14.0. The first-order chi connectivity index (χ1) is 8.95. The third-order valence-electron chi connectivity index (χ3n) is 3.63. The van der Waals surface area contributed by atoms with Crippen molar-refractivity contribution in [3.05, 3.63) is 15.9 Å². The highest BCUT2D eigenvalue weighted by molar-refractivity contribution is 9.11. The van der Waals surface area contributed by atoms with Crippen molar-refractivity contribution in [2.75, 3.05) is 26.2 Å². The van der Waals surface area contributed by atoms with Crippen molar-refractivity contribution in [3.63, 3.8) is 0 Å². The van der Waals surface area contributed by atoms with E-state index in [1.165, 1.54) is 11.3 Å². The maximum absolute atomic E-state index is 12.4. The molecule has 0 N–H and O–H groups in total. The van der Waals surface area contributed by atoms with Gasteiger partial charge < -0.3 is 0 Å². The minimum atomic E-state index is -3.30. The molecule has 108 valence electrons. The summed E-state index contributed by atoms with van der Waals surface area (Å²) in [7, 11) is -3.30. The Hall–Kier alpha value is 0.0500. The van der Waals surface area contributed by atoms with Crippen molar-refractivity contribution in [1.29, 1.82) is 0 Å². The maximum atomic E-state index is 12.4. The molecule has 7 heteroatoms. The van der Waals surface area contributed by atoms with Gasteiger partial charge in [-0.3, -0.25) is 4.90 Å². The van der Waals surface area contributed by atoms with Crippen molar-refractivity contribution < 1.29 is 8.42 Å². The second kappa shape index (κ2) is 6.22. The second-order valence-electron chi connectivity index (χ2n) is 4.76. The largest absolute Gasteiger partial charge is 0.298 e. The van der Waals surface area contributed by atoms with E-state index in [4.69, 9.17) is 0 Å². The van der Waals surface area contributed by atoms with E-state index < -0.39 is 10.0 Å². The Morgan fingerprint density at radius 2 is 1.95 bits per heavy atom. The van der Waals surface area contributed by atoms with E-state index in [2.05, 4.69) is 34.7 Å². The SMILES string of the molecule is CCC(C)N1CCN(S(=O)(=O)c2ccc(Br)s2)CC1. The van der Waals surface area contributed by atoms with Crippen LogP contribution in [0.1, 0.15) is 20.3 Å². The van der Waals surface area contributed by atoms with Crippen molar-refractivity contribution in [1.82, 2.24) is 9.21 Å². The van der Waals surface area contributed by atoms with E-state index >= 15 is 0 Å². The van der Waals surface area contributed by atoms with Gasteiger partial charge in [0.2, 0.25) is 0 Å². The molecule has 1 aliphatic heterocycles. The van der Waals surface area contributed by atoms with Crippen LogP contribution in [0, 0.1) is 0 Å². The molecular formula is C12H19BrN2O2S2. The summed E-state index contributed by atoms with van der Waals surface area (Å²) in [6.07, 6.45) is 1.10. The fourth-order valence-corrected chi connectivity index (χ4v) is 5.79. The van der Waals surface area contributed by atoms with Crippen molar-refractivity contribution in [2.45, 2.75) is 30.5 Å². The van der Waals surface area contributed by atoms with Crippen LogP contribution in [-0.4, -0.2) is 49.8 Å². The zero-order valence-corrected chi connectivity index (χ0v) is 14.4. The summed E-state index contributed by atoms with van der Waals surface area (Å²) in [5, 5.41) is 0. The minimum Gasteiger partial charge on any atom is -0.298 e. The Kier molecular flexibility index (Phi) is 5.05. The van der Waals surface area contributed by atoms with E-state index in [1.807, 2.05) is 0 Å². The highest BCUT2D eigenvalue weighted by Crippen LogP contribution is 2.29. The van der Waals surface area contributed by atoms with Crippen LogP contribution in [0.2, 0.25) is 0 Å². The molecule has 0 saturated carbocycles. The Morgan fingerprint density at radius 1 is 1.32 bits per heavy atom. The molecule has 2 rings (SSSR count). The number of nitrogens with zero attached hydrogens (tertiary/aromatic N) is 2. The first-order valence-corrected chi connectivity index (χ1v) is 9.49. The van der Waals surface area contributed by atoms with Crippen LogP contribution in [-0.2, 0) is 10.0 Å². The summed E-state index contributed by atoms with van der Waals surface area (Å²) in [6, 6.07) is 3.98. The third-order valence-corrected chi connectivity index (χ3v) is 7.62. The van der Waals surface area contributed by atoms with Crippen LogP contribution in [0.3, 0.4) is 0 Å². The summed E-state index contributed by atoms with van der Waals surface area (Å²) in [6.45, 7) is 7.17. The van der Waals surface area contributed by atoms with Gasteiger partial charge in [0.05, 0.1) is 3.79 Å². The lowest BCUT2D eigenvalue weighted by Crippen LogP contribution is -2.50. The van der Waals surface area contributed by atoms with Gasteiger partial charge in [0.25, 0.3) is 10.0 Å². The Morgan fingerprint density at radius 3 is 2.42 bits per heavy atom. The van der Waals surface area contributed by atoms with Crippen molar-refractivity contribution >= 4 is 37.3 Å². The van der Waals surface area contributed by atoms with Crippen molar-refractivity contribution in [2.24, 2.45) is 0 Å². The lowest BCUT2D eigenvalue weighted by Gasteiger charge is -2.36. The molecule has 4 nitrogen and oxygen atoms in total. The molecule has 19 heavy (non-hydrogen) atoms. The second-order valence-corrected chi connectivity index (χ2v) is 9.38. The van der Waals surface area contributed by atoms with Crippen molar-refractivity contribution in [3.8, 4) is 0 Å². The van der Waals surface area contributed by atoms with Gasteiger partial charge in [-0.1, -0.05) is 6.92 Å². The van der Waals surface area contributed by atoms with E-state index in [-0.39, 0.29) is 0 Å². The van der Waals surface area contributed by atoms with Crippen LogP contribution in [0.15, 0.2) is 20.1 Å². The maximum Gasteiger partial charge on any atom is 0.252 e. The number of rotatable bonds is 4. The molecule has 0 bridgehead atoms. The van der Waals surface area contributed by atoms with Gasteiger partial charge in [-0.25, -0.2) is 8.42 Å². The summed E-state index contributed by atoms with van der Waals surface area (Å²) in [4.78, 5) is 2.36. The summed E-state index contributed by atoms with van der Waals surface area (Å²) in [5.74, 6) is 0. The first-order valence-electron chi connectivity index (χ1n) is 6.44. The van der Waals surface area contributed by atoms with Gasteiger partial charge in [-0.15, -0.1) is 11.3 Å². The van der Waals surface area contributed by atoms with Gasteiger partial charge in [0, 0.05) is 32.2 Å². The molecular weight excluding hydrogens is 348 g/mol. The molecule has 0 amide bonds. The Bertz CT molecular complexity index is 522. The topological polar surface area (TPSA) is 40.6 Å². The summed E-state index contributed by atoms with van der Waals surface area (Å²) < 4.78 is 27.8. The molecule has 0 spiro atoms. The number of thiophene rings is 1.